The third-order valence-corrected chi connectivity index (χ3v) is 4.05. The number of amides is 1. The van der Waals surface area contributed by atoms with Gasteiger partial charge < -0.3 is 14.4 Å². The smallest absolute Gasteiger partial charge is 0.258 e. The number of fused-ring (bicyclic) bond motifs is 1. The van der Waals surface area contributed by atoms with Gasteiger partial charge in [0, 0.05) is 18.2 Å². The molecule has 1 heterocycles. The SMILES string of the molecule is CCCOc1ccc(C=C2C(=O)N(C)c3ccccc32)cc1OC. The summed E-state index contributed by atoms with van der Waals surface area (Å²) in [7, 11) is 3.42. The first-order valence-corrected chi connectivity index (χ1v) is 8.05. The molecular formula is C20H21NO3. The number of rotatable bonds is 5. The van der Waals surface area contributed by atoms with Crippen LogP contribution in [0.2, 0.25) is 0 Å². The van der Waals surface area contributed by atoms with Gasteiger partial charge in [-0.25, -0.2) is 0 Å². The Morgan fingerprint density at radius 2 is 1.92 bits per heavy atom. The van der Waals surface area contributed by atoms with E-state index in [2.05, 4.69) is 6.92 Å². The fourth-order valence-corrected chi connectivity index (χ4v) is 2.81. The van der Waals surface area contributed by atoms with Crippen LogP contribution in [0.1, 0.15) is 24.5 Å². The lowest BCUT2D eigenvalue weighted by Gasteiger charge is -2.11. The second-order valence-corrected chi connectivity index (χ2v) is 5.70. The van der Waals surface area contributed by atoms with Crippen LogP contribution in [0, 0.1) is 0 Å². The number of anilines is 1. The predicted molar refractivity (Wildman–Crippen MR) is 96.5 cm³/mol. The van der Waals surface area contributed by atoms with E-state index in [0.717, 1.165) is 29.0 Å². The minimum absolute atomic E-state index is 0.00137. The highest BCUT2D eigenvalue weighted by molar-refractivity contribution is 6.35. The number of carbonyl (C=O) groups is 1. The lowest BCUT2D eigenvalue weighted by molar-refractivity contribution is -0.112. The number of benzene rings is 2. The average Bonchev–Trinajstić information content (AvgIpc) is 2.86. The Bertz CT molecular complexity index is 795. The van der Waals surface area contributed by atoms with E-state index in [9.17, 15) is 4.79 Å². The number of nitrogens with zero attached hydrogens (tertiary/aromatic N) is 1. The Morgan fingerprint density at radius 1 is 1.12 bits per heavy atom. The molecule has 2 aromatic carbocycles. The molecule has 0 aromatic heterocycles. The van der Waals surface area contributed by atoms with Gasteiger partial charge >= 0.3 is 0 Å². The molecule has 0 saturated carbocycles. The zero-order valence-corrected chi connectivity index (χ0v) is 14.2. The van der Waals surface area contributed by atoms with Gasteiger partial charge in [-0.3, -0.25) is 4.79 Å². The van der Waals surface area contributed by atoms with E-state index in [1.807, 2.05) is 48.5 Å². The van der Waals surface area contributed by atoms with Crippen LogP contribution in [-0.4, -0.2) is 26.7 Å². The third-order valence-electron chi connectivity index (χ3n) is 4.05. The molecule has 0 spiro atoms. The molecule has 0 aliphatic carbocycles. The van der Waals surface area contributed by atoms with Gasteiger partial charge in [0.2, 0.25) is 0 Å². The van der Waals surface area contributed by atoms with Crippen molar-refractivity contribution in [2.75, 3.05) is 25.7 Å². The van der Waals surface area contributed by atoms with Crippen LogP contribution in [0.4, 0.5) is 5.69 Å². The van der Waals surface area contributed by atoms with Crippen LogP contribution in [0.25, 0.3) is 11.6 Å². The number of carbonyl (C=O) groups excluding carboxylic acids is 1. The van der Waals surface area contributed by atoms with Crippen LogP contribution >= 0.6 is 0 Å². The minimum Gasteiger partial charge on any atom is -0.493 e. The highest BCUT2D eigenvalue weighted by atomic mass is 16.5. The van der Waals surface area contributed by atoms with Crippen molar-refractivity contribution in [2.45, 2.75) is 13.3 Å². The first-order valence-electron chi connectivity index (χ1n) is 8.05. The number of methoxy groups -OCH3 is 1. The van der Waals surface area contributed by atoms with Crippen molar-refractivity contribution in [3.8, 4) is 11.5 Å². The lowest BCUT2D eigenvalue weighted by atomic mass is 10.0. The molecule has 4 heteroatoms. The molecule has 1 aliphatic rings. The molecule has 2 aromatic rings. The first-order chi connectivity index (χ1) is 11.7. The van der Waals surface area contributed by atoms with Gasteiger partial charge in [-0.15, -0.1) is 0 Å². The van der Waals surface area contributed by atoms with Crippen molar-refractivity contribution in [3.05, 3.63) is 53.6 Å². The Kier molecular flexibility index (Phi) is 4.56. The van der Waals surface area contributed by atoms with Crippen molar-refractivity contribution >= 4 is 23.2 Å². The van der Waals surface area contributed by atoms with E-state index in [0.29, 0.717) is 17.9 Å². The van der Waals surface area contributed by atoms with Crippen LogP contribution in [0.5, 0.6) is 11.5 Å². The lowest BCUT2D eigenvalue weighted by Crippen LogP contribution is -2.20. The summed E-state index contributed by atoms with van der Waals surface area (Å²) < 4.78 is 11.1. The summed E-state index contributed by atoms with van der Waals surface area (Å²) in [6.45, 7) is 2.71. The molecule has 124 valence electrons. The largest absolute Gasteiger partial charge is 0.493 e. The van der Waals surface area contributed by atoms with Crippen molar-refractivity contribution < 1.29 is 14.3 Å². The molecule has 1 amide bonds. The Labute approximate surface area is 142 Å². The Balaban J connectivity index is 1.98. The van der Waals surface area contributed by atoms with Gasteiger partial charge in [-0.2, -0.15) is 0 Å². The number of hydrogen-bond donors (Lipinski definition) is 0. The van der Waals surface area contributed by atoms with Gasteiger partial charge in [0.1, 0.15) is 0 Å². The molecule has 0 bridgehead atoms. The van der Waals surface area contributed by atoms with Crippen LogP contribution in [0.3, 0.4) is 0 Å². The number of para-hydroxylation sites is 1. The summed E-state index contributed by atoms with van der Waals surface area (Å²) in [5.74, 6) is 1.39. The maximum absolute atomic E-state index is 12.5. The number of hydrogen-bond acceptors (Lipinski definition) is 3. The molecule has 0 radical (unpaired) electrons. The summed E-state index contributed by atoms with van der Waals surface area (Å²) >= 11 is 0. The van der Waals surface area contributed by atoms with Crippen molar-refractivity contribution in [3.63, 3.8) is 0 Å². The number of ether oxygens (including phenoxy) is 2. The van der Waals surface area contributed by atoms with Crippen molar-refractivity contribution in [2.24, 2.45) is 0 Å². The van der Waals surface area contributed by atoms with E-state index >= 15 is 0 Å². The highest BCUT2D eigenvalue weighted by Crippen LogP contribution is 2.37. The van der Waals surface area contributed by atoms with E-state index in [4.69, 9.17) is 9.47 Å². The zero-order valence-electron chi connectivity index (χ0n) is 14.2. The molecule has 0 fully saturated rings. The van der Waals surface area contributed by atoms with E-state index in [1.54, 1.807) is 19.1 Å². The van der Waals surface area contributed by atoms with Crippen LogP contribution < -0.4 is 14.4 Å². The van der Waals surface area contributed by atoms with E-state index < -0.39 is 0 Å². The van der Waals surface area contributed by atoms with Gasteiger partial charge in [0.25, 0.3) is 5.91 Å². The number of likely N-dealkylation sites (N-methyl/N-ethyl adjacent to an activating group) is 1. The molecule has 0 saturated heterocycles. The topological polar surface area (TPSA) is 38.8 Å². The van der Waals surface area contributed by atoms with E-state index in [1.165, 1.54) is 0 Å². The molecule has 0 unspecified atom stereocenters. The summed E-state index contributed by atoms with van der Waals surface area (Å²) in [5, 5.41) is 0. The third kappa shape index (κ3) is 2.87. The average molecular weight is 323 g/mol. The summed E-state index contributed by atoms with van der Waals surface area (Å²) in [5.41, 5.74) is 3.49. The summed E-state index contributed by atoms with van der Waals surface area (Å²) in [6.07, 6.45) is 2.84. The van der Waals surface area contributed by atoms with E-state index in [-0.39, 0.29) is 5.91 Å². The minimum atomic E-state index is 0.00137. The Hall–Kier alpha value is -2.75. The second-order valence-electron chi connectivity index (χ2n) is 5.70. The fraction of sp³-hybridized carbons (Fsp3) is 0.250. The molecule has 0 atom stereocenters. The maximum Gasteiger partial charge on any atom is 0.258 e. The summed E-state index contributed by atoms with van der Waals surface area (Å²) in [6, 6.07) is 13.5. The molecule has 4 nitrogen and oxygen atoms in total. The van der Waals surface area contributed by atoms with Crippen molar-refractivity contribution in [1.29, 1.82) is 0 Å². The normalized spacial score (nSPS) is 14.9. The first kappa shape index (κ1) is 16.1. The second kappa shape index (κ2) is 6.79. The van der Waals surface area contributed by atoms with Crippen LogP contribution in [-0.2, 0) is 4.79 Å². The molecular weight excluding hydrogens is 302 g/mol. The molecule has 1 aliphatic heterocycles. The molecule has 3 rings (SSSR count). The van der Waals surface area contributed by atoms with Gasteiger partial charge in [-0.1, -0.05) is 31.2 Å². The zero-order chi connectivity index (χ0) is 17.1. The van der Waals surface area contributed by atoms with Crippen LogP contribution in [0.15, 0.2) is 42.5 Å². The Morgan fingerprint density at radius 3 is 2.67 bits per heavy atom. The van der Waals surface area contributed by atoms with Gasteiger partial charge in [-0.05, 0) is 36.3 Å². The summed E-state index contributed by atoms with van der Waals surface area (Å²) in [4.78, 5) is 14.2. The molecule has 24 heavy (non-hydrogen) atoms. The van der Waals surface area contributed by atoms with Gasteiger partial charge in [0.15, 0.2) is 11.5 Å². The van der Waals surface area contributed by atoms with Crippen molar-refractivity contribution in [1.82, 2.24) is 0 Å². The molecule has 0 N–H and O–H groups in total. The fourth-order valence-electron chi connectivity index (χ4n) is 2.81. The standard InChI is InChI=1S/C20H21NO3/c1-4-11-24-18-10-9-14(13-19(18)23-3)12-16-15-7-5-6-8-17(15)21(2)20(16)22/h5-10,12-13H,4,11H2,1-3H3. The highest BCUT2D eigenvalue weighted by Gasteiger charge is 2.29. The predicted octanol–water partition coefficient (Wildman–Crippen LogP) is 4.00. The monoisotopic (exact) mass is 323 g/mol. The maximum atomic E-state index is 12.5. The van der Waals surface area contributed by atoms with Gasteiger partial charge in [0.05, 0.1) is 19.4 Å². The quantitative estimate of drug-likeness (QED) is 0.781.